The molecule has 2 N–H and O–H groups in total. The predicted octanol–water partition coefficient (Wildman–Crippen LogP) is 1.08. The van der Waals surface area contributed by atoms with Crippen LogP contribution in [0.3, 0.4) is 0 Å². The molecule has 154 valence electrons. The normalized spacial score (nSPS) is 24.8. The third kappa shape index (κ3) is 3.48. The molecule has 3 heterocycles. The lowest BCUT2D eigenvalue weighted by Crippen LogP contribution is -2.54. The maximum atomic E-state index is 12.9. The average molecular weight is 417 g/mol. The summed E-state index contributed by atoms with van der Waals surface area (Å²) in [5, 5.41) is 11.7. The van der Waals surface area contributed by atoms with E-state index in [1.54, 1.807) is 34.6 Å². The monoisotopic (exact) mass is 417 g/mol. The van der Waals surface area contributed by atoms with Crippen LogP contribution in [0.1, 0.15) is 41.1 Å². The smallest absolute Gasteiger partial charge is 0.306 e. The van der Waals surface area contributed by atoms with E-state index in [0.29, 0.717) is 37.2 Å². The molecule has 0 spiro atoms. The Hall–Kier alpha value is -2.55. The molecule has 0 radical (unpaired) electrons. The van der Waals surface area contributed by atoms with E-state index in [9.17, 15) is 19.2 Å². The van der Waals surface area contributed by atoms with Crippen LogP contribution >= 0.6 is 11.8 Å². The molecule has 0 aromatic heterocycles. The van der Waals surface area contributed by atoms with E-state index in [-0.39, 0.29) is 23.1 Å². The number of aliphatic carboxylic acids is 1. The number of carboxylic acids is 1. The number of carbonyl (C=O) groups is 4. The first-order valence-electron chi connectivity index (χ1n) is 9.73. The lowest BCUT2D eigenvalue weighted by atomic mass is 9.97. The summed E-state index contributed by atoms with van der Waals surface area (Å²) in [5.41, 5.74) is 1.57. The van der Waals surface area contributed by atoms with E-state index < -0.39 is 24.0 Å². The molecule has 9 heteroatoms. The van der Waals surface area contributed by atoms with E-state index in [1.165, 1.54) is 0 Å². The number of hydrogen-bond acceptors (Lipinski definition) is 5. The molecule has 29 heavy (non-hydrogen) atoms. The Balaban J connectivity index is 1.37. The summed E-state index contributed by atoms with van der Waals surface area (Å²) in [5.74, 6) is -1.46. The van der Waals surface area contributed by atoms with E-state index >= 15 is 0 Å². The van der Waals surface area contributed by atoms with Crippen LogP contribution in [0.25, 0.3) is 0 Å². The average Bonchev–Trinajstić information content (AvgIpc) is 3.28. The molecule has 3 unspecified atom stereocenters. The third-order valence-electron chi connectivity index (χ3n) is 5.88. The van der Waals surface area contributed by atoms with Gasteiger partial charge in [0.2, 0.25) is 11.8 Å². The van der Waals surface area contributed by atoms with Crippen LogP contribution < -0.4 is 5.32 Å². The van der Waals surface area contributed by atoms with Crippen LogP contribution in [0.15, 0.2) is 24.3 Å². The zero-order valence-electron chi connectivity index (χ0n) is 16.0. The van der Waals surface area contributed by atoms with Crippen molar-refractivity contribution in [3.8, 4) is 0 Å². The number of carboxylic acid groups (broad SMARTS) is 1. The summed E-state index contributed by atoms with van der Waals surface area (Å²) in [7, 11) is 0. The van der Waals surface area contributed by atoms with Crippen molar-refractivity contribution >= 4 is 35.5 Å². The molecule has 3 aliphatic rings. The minimum absolute atomic E-state index is 0.148. The van der Waals surface area contributed by atoms with Gasteiger partial charge in [0.05, 0.1) is 5.92 Å². The number of rotatable bonds is 4. The van der Waals surface area contributed by atoms with Gasteiger partial charge in [-0.1, -0.05) is 18.2 Å². The topological polar surface area (TPSA) is 107 Å². The predicted molar refractivity (Wildman–Crippen MR) is 106 cm³/mol. The van der Waals surface area contributed by atoms with Crippen LogP contribution in [0.4, 0.5) is 0 Å². The molecule has 8 nitrogen and oxygen atoms in total. The Bertz CT molecular complexity index is 867. The summed E-state index contributed by atoms with van der Waals surface area (Å²) in [6, 6.07) is 6.05. The van der Waals surface area contributed by atoms with Gasteiger partial charge in [-0.05, 0) is 31.4 Å². The molecular formula is C20H23N3O5S. The van der Waals surface area contributed by atoms with Gasteiger partial charge in [0.1, 0.15) is 17.5 Å². The van der Waals surface area contributed by atoms with Crippen molar-refractivity contribution in [2.24, 2.45) is 5.92 Å². The highest BCUT2D eigenvalue weighted by atomic mass is 32.2. The van der Waals surface area contributed by atoms with Crippen LogP contribution in [0.2, 0.25) is 0 Å². The van der Waals surface area contributed by atoms with E-state index in [0.717, 1.165) is 5.56 Å². The zero-order valence-corrected chi connectivity index (χ0v) is 16.9. The maximum Gasteiger partial charge on any atom is 0.306 e. The number of hydrogen-bond donors (Lipinski definition) is 2. The van der Waals surface area contributed by atoms with E-state index in [2.05, 4.69) is 5.32 Å². The summed E-state index contributed by atoms with van der Waals surface area (Å²) in [6.07, 6.45) is 0.840. The fourth-order valence-corrected chi connectivity index (χ4v) is 5.70. The van der Waals surface area contributed by atoms with Gasteiger partial charge >= 0.3 is 5.97 Å². The van der Waals surface area contributed by atoms with E-state index in [4.69, 9.17) is 5.11 Å². The highest BCUT2D eigenvalue weighted by molar-refractivity contribution is 7.99. The lowest BCUT2D eigenvalue weighted by molar-refractivity contribution is -0.146. The Morgan fingerprint density at radius 2 is 1.90 bits per heavy atom. The number of nitrogens with zero attached hydrogens (tertiary/aromatic N) is 2. The Labute approximate surface area is 172 Å². The number of nitrogens with one attached hydrogen (secondary N) is 1. The van der Waals surface area contributed by atoms with Gasteiger partial charge in [-0.3, -0.25) is 19.2 Å². The number of benzene rings is 1. The highest BCUT2D eigenvalue weighted by Crippen LogP contribution is 2.48. The number of fused-ring (bicyclic) bond motifs is 3. The standard InChI is InChI=1S/C20H23N3O5S/c1-11(17(25)22-8-6-12(7-9-22)20(27)28)21-16(24)15-10-29-19-14-5-3-2-4-13(14)18(26)23(15)19/h2-5,11-12,15,19H,6-10H2,1H3,(H,21,24)(H,27,28). The number of thioether (sulfide) groups is 1. The van der Waals surface area contributed by atoms with Crippen LogP contribution in [0, 0.1) is 5.92 Å². The molecule has 1 aromatic carbocycles. The first-order chi connectivity index (χ1) is 13.9. The summed E-state index contributed by atoms with van der Waals surface area (Å²) < 4.78 is 0. The molecule has 0 saturated carbocycles. The molecule has 4 rings (SSSR count). The van der Waals surface area contributed by atoms with Crippen molar-refractivity contribution in [3.63, 3.8) is 0 Å². The maximum absolute atomic E-state index is 12.9. The fraction of sp³-hybridized carbons (Fsp3) is 0.500. The van der Waals surface area contributed by atoms with Gasteiger partial charge in [0.25, 0.3) is 5.91 Å². The second-order valence-electron chi connectivity index (χ2n) is 7.67. The minimum atomic E-state index is -0.831. The van der Waals surface area contributed by atoms with Crippen LogP contribution in [-0.4, -0.2) is 69.5 Å². The van der Waals surface area contributed by atoms with Gasteiger partial charge in [-0.2, -0.15) is 0 Å². The van der Waals surface area contributed by atoms with Crippen molar-refractivity contribution in [2.75, 3.05) is 18.8 Å². The largest absolute Gasteiger partial charge is 0.481 e. The second kappa shape index (κ2) is 7.70. The van der Waals surface area contributed by atoms with Crippen molar-refractivity contribution in [3.05, 3.63) is 35.4 Å². The quantitative estimate of drug-likeness (QED) is 0.759. The van der Waals surface area contributed by atoms with Crippen molar-refractivity contribution in [1.82, 2.24) is 15.1 Å². The number of likely N-dealkylation sites (tertiary alicyclic amines) is 1. The molecule has 0 aliphatic carbocycles. The highest BCUT2D eigenvalue weighted by Gasteiger charge is 2.48. The fourth-order valence-electron chi connectivity index (χ4n) is 4.23. The van der Waals surface area contributed by atoms with Crippen molar-refractivity contribution < 1.29 is 24.3 Å². The van der Waals surface area contributed by atoms with Crippen molar-refractivity contribution in [1.29, 1.82) is 0 Å². The summed E-state index contributed by atoms with van der Waals surface area (Å²) in [4.78, 5) is 52.6. The lowest BCUT2D eigenvalue weighted by Gasteiger charge is -2.32. The minimum Gasteiger partial charge on any atom is -0.481 e. The first-order valence-corrected chi connectivity index (χ1v) is 10.8. The first kappa shape index (κ1) is 19.8. The Morgan fingerprint density at radius 3 is 2.59 bits per heavy atom. The zero-order chi connectivity index (χ0) is 20.7. The summed E-state index contributed by atoms with van der Waals surface area (Å²) >= 11 is 1.56. The molecule has 3 amide bonds. The van der Waals surface area contributed by atoms with Crippen molar-refractivity contribution in [2.45, 2.75) is 37.2 Å². The van der Waals surface area contributed by atoms with Crippen LogP contribution in [0.5, 0.6) is 0 Å². The summed E-state index contributed by atoms with van der Waals surface area (Å²) in [6.45, 7) is 2.37. The second-order valence-corrected chi connectivity index (χ2v) is 8.78. The third-order valence-corrected chi connectivity index (χ3v) is 7.18. The van der Waals surface area contributed by atoms with Gasteiger partial charge in [-0.15, -0.1) is 11.8 Å². The van der Waals surface area contributed by atoms with Crippen LogP contribution in [-0.2, 0) is 14.4 Å². The van der Waals surface area contributed by atoms with Gasteiger partial charge < -0.3 is 20.2 Å². The molecule has 1 aromatic rings. The van der Waals surface area contributed by atoms with E-state index in [1.807, 2.05) is 18.2 Å². The Morgan fingerprint density at radius 1 is 1.21 bits per heavy atom. The molecule has 3 aliphatic heterocycles. The Kier molecular flexibility index (Phi) is 5.24. The molecule has 2 fully saturated rings. The molecule has 2 saturated heterocycles. The van der Waals surface area contributed by atoms with Gasteiger partial charge in [-0.25, -0.2) is 0 Å². The molecule has 0 bridgehead atoms. The number of amides is 3. The van der Waals surface area contributed by atoms with Gasteiger partial charge in [0.15, 0.2) is 0 Å². The SMILES string of the molecule is CC(NC(=O)C1CSC2c3ccccc3C(=O)N12)C(=O)N1CCC(C(=O)O)CC1. The van der Waals surface area contributed by atoms with Gasteiger partial charge in [0, 0.05) is 24.4 Å². The molecular weight excluding hydrogens is 394 g/mol. The number of carbonyl (C=O) groups excluding carboxylic acids is 3. The number of piperidine rings is 1. The molecule has 3 atom stereocenters.